The zero-order valence-corrected chi connectivity index (χ0v) is 16.2. The molecule has 0 aromatic heterocycles. The third-order valence-electron chi connectivity index (χ3n) is 4.23. The van der Waals surface area contributed by atoms with Gasteiger partial charge in [0.05, 0.1) is 0 Å². The number of hydrogen-bond acceptors (Lipinski definition) is 3. The molecule has 3 aromatic rings. The molecule has 28 heavy (non-hydrogen) atoms. The molecule has 1 N–H and O–H groups in total. The van der Waals surface area contributed by atoms with Gasteiger partial charge in [-0.2, -0.15) is 5.26 Å². The minimum atomic E-state index is -0.401. The van der Waals surface area contributed by atoms with Crippen LogP contribution in [0.15, 0.2) is 66.2 Å². The molecule has 0 radical (unpaired) electrons. The standard InChI is InChI=1S/C23H19ClN2O2/c1-2-26-23(27)18(14-25)13-21-20-6-4-3-5-17(20)9-12-22(21)28-15-16-7-10-19(24)11-8-16/h3-13H,2,15H2,1H3,(H,26,27)/b18-13+. The fourth-order valence-corrected chi connectivity index (χ4v) is 2.97. The highest BCUT2D eigenvalue weighted by atomic mass is 35.5. The number of fused-ring (bicyclic) bond motifs is 1. The SMILES string of the molecule is CCNC(=O)/C(C#N)=C/c1c(OCc2ccc(Cl)cc2)ccc2ccccc12. The van der Waals surface area contributed by atoms with Crippen molar-refractivity contribution in [1.82, 2.24) is 5.32 Å². The van der Waals surface area contributed by atoms with Crippen LogP contribution in [0.3, 0.4) is 0 Å². The van der Waals surface area contributed by atoms with Gasteiger partial charge in [0.1, 0.15) is 24.0 Å². The first-order chi connectivity index (χ1) is 13.6. The summed E-state index contributed by atoms with van der Waals surface area (Å²) in [6, 6.07) is 21.0. The molecule has 0 atom stereocenters. The summed E-state index contributed by atoms with van der Waals surface area (Å²) in [6.07, 6.45) is 1.59. The molecular weight excluding hydrogens is 372 g/mol. The van der Waals surface area contributed by atoms with Crippen LogP contribution in [0.25, 0.3) is 16.8 Å². The maximum atomic E-state index is 12.2. The number of rotatable bonds is 6. The van der Waals surface area contributed by atoms with Crippen molar-refractivity contribution >= 4 is 34.4 Å². The number of nitrogens with one attached hydrogen (secondary N) is 1. The molecule has 5 heteroatoms. The summed E-state index contributed by atoms with van der Waals surface area (Å²) in [7, 11) is 0. The Bertz CT molecular complexity index is 1070. The Labute approximate surface area is 169 Å². The Morgan fingerprint density at radius 2 is 1.89 bits per heavy atom. The lowest BCUT2D eigenvalue weighted by molar-refractivity contribution is -0.116. The van der Waals surface area contributed by atoms with Crippen molar-refractivity contribution in [1.29, 1.82) is 5.26 Å². The number of halogens is 1. The first-order valence-electron chi connectivity index (χ1n) is 8.91. The lowest BCUT2D eigenvalue weighted by Gasteiger charge is -2.13. The Hall–Kier alpha value is -3.29. The molecular formula is C23H19ClN2O2. The van der Waals surface area contributed by atoms with Crippen molar-refractivity contribution in [2.75, 3.05) is 6.54 Å². The van der Waals surface area contributed by atoms with E-state index in [9.17, 15) is 10.1 Å². The van der Waals surface area contributed by atoms with Crippen LogP contribution in [0, 0.1) is 11.3 Å². The van der Waals surface area contributed by atoms with Crippen molar-refractivity contribution in [2.24, 2.45) is 0 Å². The number of ether oxygens (including phenoxy) is 1. The van der Waals surface area contributed by atoms with E-state index in [4.69, 9.17) is 16.3 Å². The van der Waals surface area contributed by atoms with Gasteiger partial charge in [0.2, 0.25) is 0 Å². The Morgan fingerprint density at radius 3 is 2.61 bits per heavy atom. The predicted octanol–water partition coefficient (Wildman–Crippen LogP) is 5.12. The van der Waals surface area contributed by atoms with Crippen LogP contribution >= 0.6 is 11.6 Å². The molecule has 1 amide bonds. The number of nitrogens with zero attached hydrogens (tertiary/aromatic N) is 1. The zero-order valence-electron chi connectivity index (χ0n) is 15.4. The smallest absolute Gasteiger partial charge is 0.261 e. The van der Waals surface area contributed by atoms with E-state index in [1.165, 1.54) is 0 Å². The van der Waals surface area contributed by atoms with Crippen LogP contribution in [0.1, 0.15) is 18.1 Å². The number of benzene rings is 3. The van der Waals surface area contributed by atoms with Gasteiger partial charge >= 0.3 is 0 Å². The molecule has 0 saturated heterocycles. The lowest BCUT2D eigenvalue weighted by Crippen LogP contribution is -2.23. The summed E-state index contributed by atoms with van der Waals surface area (Å²) < 4.78 is 6.03. The Morgan fingerprint density at radius 1 is 1.14 bits per heavy atom. The molecule has 3 rings (SSSR count). The minimum Gasteiger partial charge on any atom is -0.488 e. The van der Waals surface area contributed by atoms with Crippen LogP contribution in [-0.2, 0) is 11.4 Å². The van der Waals surface area contributed by atoms with E-state index in [0.29, 0.717) is 29.5 Å². The van der Waals surface area contributed by atoms with E-state index in [0.717, 1.165) is 16.3 Å². The number of carbonyl (C=O) groups excluding carboxylic acids is 1. The number of carbonyl (C=O) groups is 1. The average Bonchev–Trinajstić information content (AvgIpc) is 2.72. The second-order valence-corrected chi connectivity index (χ2v) is 6.58. The number of hydrogen-bond donors (Lipinski definition) is 1. The van der Waals surface area contributed by atoms with E-state index in [1.54, 1.807) is 6.08 Å². The predicted molar refractivity (Wildman–Crippen MR) is 112 cm³/mol. The molecule has 0 aliphatic heterocycles. The molecule has 140 valence electrons. The third kappa shape index (κ3) is 4.51. The lowest BCUT2D eigenvalue weighted by atomic mass is 10.0. The highest BCUT2D eigenvalue weighted by Crippen LogP contribution is 2.31. The monoisotopic (exact) mass is 390 g/mol. The fourth-order valence-electron chi connectivity index (χ4n) is 2.84. The van der Waals surface area contributed by atoms with E-state index in [1.807, 2.05) is 73.7 Å². The van der Waals surface area contributed by atoms with Crippen LogP contribution in [0.5, 0.6) is 5.75 Å². The summed E-state index contributed by atoms with van der Waals surface area (Å²) in [4.78, 5) is 12.2. The first kappa shape index (κ1) is 19.5. The van der Waals surface area contributed by atoms with E-state index in [2.05, 4.69) is 5.32 Å². The highest BCUT2D eigenvalue weighted by Gasteiger charge is 2.13. The van der Waals surface area contributed by atoms with Gasteiger partial charge in [0.25, 0.3) is 5.91 Å². The Balaban J connectivity index is 2.02. The maximum Gasteiger partial charge on any atom is 0.261 e. The van der Waals surface area contributed by atoms with Gasteiger partial charge < -0.3 is 10.1 Å². The second kappa shape index (κ2) is 9.07. The fraction of sp³-hybridized carbons (Fsp3) is 0.130. The van der Waals surface area contributed by atoms with Crippen LogP contribution in [0.2, 0.25) is 5.02 Å². The summed E-state index contributed by atoms with van der Waals surface area (Å²) in [6.45, 7) is 2.61. The molecule has 0 fully saturated rings. The maximum absolute atomic E-state index is 12.2. The third-order valence-corrected chi connectivity index (χ3v) is 4.48. The summed E-state index contributed by atoms with van der Waals surface area (Å²) in [5.74, 6) is 0.201. The van der Waals surface area contributed by atoms with Crippen LogP contribution < -0.4 is 10.1 Å². The molecule has 0 aliphatic rings. The molecule has 0 saturated carbocycles. The number of nitriles is 1. The van der Waals surface area contributed by atoms with E-state index >= 15 is 0 Å². The molecule has 0 bridgehead atoms. The summed E-state index contributed by atoms with van der Waals surface area (Å²) in [5, 5.41) is 14.7. The number of amides is 1. The van der Waals surface area contributed by atoms with Gasteiger partial charge in [-0.25, -0.2) is 0 Å². The van der Waals surface area contributed by atoms with Crippen molar-refractivity contribution < 1.29 is 9.53 Å². The van der Waals surface area contributed by atoms with Gasteiger partial charge in [-0.1, -0.05) is 54.1 Å². The largest absolute Gasteiger partial charge is 0.488 e. The molecule has 3 aromatic carbocycles. The highest BCUT2D eigenvalue weighted by molar-refractivity contribution is 6.30. The van der Waals surface area contributed by atoms with Gasteiger partial charge in [-0.05, 0) is 47.5 Å². The first-order valence-corrected chi connectivity index (χ1v) is 9.29. The zero-order chi connectivity index (χ0) is 19.9. The molecule has 4 nitrogen and oxygen atoms in total. The molecule has 0 aliphatic carbocycles. The van der Waals surface area contributed by atoms with Crippen molar-refractivity contribution in [3.05, 3.63) is 82.4 Å². The van der Waals surface area contributed by atoms with Gasteiger partial charge in [-0.3, -0.25) is 4.79 Å². The van der Waals surface area contributed by atoms with Crippen molar-refractivity contribution in [3.63, 3.8) is 0 Å². The minimum absolute atomic E-state index is 0.0366. The van der Waals surface area contributed by atoms with Crippen LogP contribution in [-0.4, -0.2) is 12.5 Å². The van der Waals surface area contributed by atoms with Crippen molar-refractivity contribution in [2.45, 2.75) is 13.5 Å². The topological polar surface area (TPSA) is 62.1 Å². The second-order valence-electron chi connectivity index (χ2n) is 6.14. The van der Waals surface area contributed by atoms with Crippen LogP contribution in [0.4, 0.5) is 0 Å². The quantitative estimate of drug-likeness (QED) is 0.469. The summed E-state index contributed by atoms with van der Waals surface area (Å²) >= 11 is 5.93. The normalized spacial score (nSPS) is 11.1. The average molecular weight is 391 g/mol. The summed E-state index contributed by atoms with van der Waals surface area (Å²) in [5.41, 5.74) is 1.71. The molecule has 0 unspecified atom stereocenters. The van der Waals surface area contributed by atoms with Gasteiger partial charge in [0.15, 0.2) is 0 Å². The number of likely N-dealkylation sites (N-methyl/N-ethyl adjacent to an activating group) is 1. The van der Waals surface area contributed by atoms with Gasteiger partial charge in [0, 0.05) is 17.1 Å². The van der Waals surface area contributed by atoms with Gasteiger partial charge in [-0.15, -0.1) is 0 Å². The molecule has 0 heterocycles. The Kier molecular flexibility index (Phi) is 6.31. The van der Waals surface area contributed by atoms with E-state index in [-0.39, 0.29) is 5.57 Å². The van der Waals surface area contributed by atoms with E-state index < -0.39 is 5.91 Å². The molecule has 0 spiro atoms. The van der Waals surface area contributed by atoms with Crippen molar-refractivity contribution in [3.8, 4) is 11.8 Å².